The van der Waals surface area contributed by atoms with E-state index in [4.69, 9.17) is 14.6 Å². The Morgan fingerprint density at radius 3 is 2.26 bits per heavy atom. The molecule has 120 valence electrons. The van der Waals surface area contributed by atoms with E-state index in [1.165, 1.54) is 0 Å². The first kappa shape index (κ1) is 16.4. The van der Waals surface area contributed by atoms with Crippen LogP contribution < -0.4 is 0 Å². The molecule has 0 bridgehead atoms. The summed E-state index contributed by atoms with van der Waals surface area (Å²) in [6.07, 6.45) is 1.17. The summed E-state index contributed by atoms with van der Waals surface area (Å²) in [4.78, 5) is 21.5. The summed E-state index contributed by atoms with van der Waals surface area (Å²) in [7, 11) is -4.03. The van der Waals surface area contributed by atoms with Gasteiger partial charge in [-0.05, 0) is 24.3 Å². The Labute approximate surface area is 129 Å². The van der Waals surface area contributed by atoms with Gasteiger partial charge in [-0.1, -0.05) is 0 Å². The van der Waals surface area contributed by atoms with Crippen LogP contribution >= 0.6 is 0 Å². The van der Waals surface area contributed by atoms with E-state index < -0.39 is 38.9 Å². The highest BCUT2D eigenvalue weighted by atomic mass is 32.2. The average Bonchev–Trinajstić information content (AvgIpc) is 2.98. The maximum Gasteiger partial charge on any atom is 0.371 e. The Balaban J connectivity index is 2.35. The smallest absolute Gasteiger partial charge is 0.371 e. The van der Waals surface area contributed by atoms with Crippen molar-refractivity contribution in [2.45, 2.75) is 9.79 Å². The Kier molecular flexibility index (Phi) is 4.32. The summed E-state index contributed by atoms with van der Waals surface area (Å²) in [6, 6.07) is 4.91. The van der Waals surface area contributed by atoms with Gasteiger partial charge in [0.15, 0.2) is 5.76 Å². The molecule has 2 aromatic rings. The van der Waals surface area contributed by atoms with Gasteiger partial charge in [-0.3, -0.25) is 4.79 Å². The molecule has 1 aromatic heterocycles. The van der Waals surface area contributed by atoms with Crippen LogP contribution in [0.2, 0.25) is 0 Å². The van der Waals surface area contributed by atoms with Crippen LogP contribution in [0.5, 0.6) is 0 Å². The molecular weight excluding hydrogens is 331 g/mol. The minimum atomic E-state index is -4.03. The van der Waals surface area contributed by atoms with Crippen molar-refractivity contribution in [2.24, 2.45) is 0 Å². The summed E-state index contributed by atoms with van der Waals surface area (Å²) in [5.74, 6) is -5.04. The van der Waals surface area contributed by atoms with Crippen molar-refractivity contribution in [1.29, 1.82) is 0 Å². The number of carboxylic acids is 1. The molecule has 0 fully saturated rings. The van der Waals surface area contributed by atoms with E-state index in [-0.39, 0.29) is 9.79 Å². The summed E-state index contributed by atoms with van der Waals surface area (Å²) in [6.45, 7) is 0. The van der Waals surface area contributed by atoms with Crippen LogP contribution in [0.15, 0.2) is 62.6 Å². The SMILES string of the molecule is O=C(O)/C(O)=C/C(=O)c1cc(S(=O)(=O)c2ccc(F)cc2)co1. The van der Waals surface area contributed by atoms with Crippen LogP contribution in [0.25, 0.3) is 0 Å². The zero-order valence-corrected chi connectivity index (χ0v) is 12.1. The molecule has 0 aliphatic carbocycles. The van der Waals surface area contributed by atoms with Crippen LogP contribution in [-0.2, 0) is 14.6 Å². The third kappa shape index (κ3) is 3.46. The molecule has 9 heteroatoms. The number of carbonyl (C=O) groups is 2. The first-order chi connectivity index (χ1) is 10.7. The van der Waals surface area contributed by atoms with E-state index >= 15 is 0 Å². The molecule has 0 saturated carbocycles. The fourth-order valence-corrected chi connectivity index (χ4v) is 2.80. The molecule has 1 aromatic carbocycles. The van der Waals surface area contributed by atoms with E-state index in [1.54, 1.807) is 0 Å². The van der Waals surface area contributed by atoms with Crippen LogP contribution in [0.4, 0.5) is 4.39 Å². The van der Waals surface area contributed by atoms with E-state index in [0.29, 0.717) is 6.08 Å². The predicted molar refractivity (Wildman–Crippen MR) is 73.2 cm³/mol. The van der Waals surface area contributed by atoms with Gasteiger partial charge in [0.05, 0.1) is 4.90 Å². The van der Waals surface area contributed by atoms with Crippen molar-refractivity contribution in [1.82, 2.24) is 0 Å². The van der Waals surface area contributed by atoms with Crippen molar-refractivity contribution in [3.8, 4) is 0 Å². The monoisotopic (exact) mass is 340 g/mol. The number of halogens is 1. The number of hydrogen-bond acceptors (Lipinski definition) is 6. The second kappa shape index (κ2) is 6.05. The number of rotatable bonds is 5. The number of aliphatic hydroxyl groups is 1. The minimum absolute atomic E-state index is 0.206. The van der Waals surface area contributed by atoms with Gasteiger partial charge in [0.25, 0.3) is 0 Å². The minimum Gasteiger partial charge on any atom is -0.502 e. The molecule has 2 rings (SSSR count). The number of benzene rings is 1. The fraction of sp³-hybridized carbons (Fsp3) is 0. The number of carboxylic acid groups (broad SMARTS) is 1. The predicted octanol–water partition coefficient (Wildman–Crippen LogP) is 1.96. The lowest BCUT2D eigenvalue weighted by molar-refractivity contribution is -0.135. The number of allylic oxidation sites excluding steroid dienone is 1. The number of furan rings is 1. The summed E-state index contributed by atoms with van der Waals surface area (Å²) >= 11 is 0. The van der Waals surface area contributed by atoms with Crippen molar-refractivity contribution < 1.29 is 37.0 Å². The zero-order chi connectivity index (χ0) is 17.2. The Bertz CT molecular complexity index is 891. The Morgan fingerprint density at radius 2 is 1.70 bits per heavy atom. The lowest BCUT2D eigenvalue weighted by Gasteiger charge is -2.00. The molecule has 0 unspecified atom stereocenters. The van der Waals surface area contributed by atoms with Crippen molar-refractivity contribution >= 4 is 21.6 Å². The normalized spacial score (nSPS) is 12.1. The van der Waals surface area contributed by atoms with Gasteiger partial charge >= 0.3 is 5.97 Å². The molecule has 1 heterocycles. The molecule has 0 saturated heterocycles. The summed E-state index contributed by atoms with van der Waals surface area (Å²) in [5, 5.41) is 17.4. The third-order valence-corrected chi connectivity index (χ3v) is 4.47. The number of hydrogen-bond donors (Lipinski definition) is 2. The lowest BCUT2D eigenvalue weighted by atomic mass is 10.2. The van der Waals surface area contributed by atoms with Crippen LogP contribution in [-0.4, -0.2) is 30.4 Å². The molecule has 0 atom stereocenters. The Hall–Kier alpha value is -2.94. The largest absolute Gasteiger partial charge is 0.502 e. The third-order valence-electron chi connectivity index (χ3n) is 2.74. The quantitative estimate of drug-likeness (QED) is 0.369. The van der Waals surface area contributed by atoms with Gasteiger partial charge in [-0.25, -0.2) is 17.6 Å². The van der Waals surface area contributed by atoms with Crippen molar-refractivity contribution in [2.75, 3.05) is 0 Å². The topological polar surface area (TPSA) is 122 Å². The molecule has 0 aliphatic rings. The maximum atomic E-state index is 12.8. The first-order valence-electron chi connectivity index (χ1n) is 5.99. The number of sulfone groups is 1. The van der Waals surface area contributed by atoms with E-state index in [1.807, 2.05) is 0 Å². The Morgan fingerprint density at radius 1 is 1.09 bits per heavy atom. The van der Waals surface area contributed by atoms with Gasteiger partial charge in [0, 0.05) is 12.1 Å². The van der Waals surface area contributed by atoms with E-state index in [9.17, 15) is 22.4 Å². The molecule has 2 N–H and O–H groups in total. The second-order valence-electron chi connectivity index (χ2n) is 4.30. The number of ketones is 1. The molecule has 0 spiro atoms. The van der Waals surface area contributed by atoms with Gasteiger partial charge in [0.2, 0.25) is 21.4 Å². The van der Waals surface area contributed by atoms with E-state index in [2.05, 4.69) is 0 Å². The summed E-state index contributed by atoms with van der Waals surface area (Å²) in [5.41, 5.74) is 0. The number of carbonyl (C=O) groups excluding carboxylic acids is 1. The highest BCUT2D eigenvalue weighted by Gasteiger charge is 2.22. The van der Waals surface area contributed by atoms with Crippen molar-refractivity contribution in [3.63, 3.8) is 0 Å². The molecule has 0 radical (unpaired) electrons. The standard InChI is InChI=1S/C14H9FO7S/c15-8-1-3-9(4-2-8)23(20,21)10-5-13(22-7-10)11(16)6-12(17)14(18)19/h1-7,17H,(H,18,19)/b12-6-. The zero-order valence-electron chi connectivity index (χ0n) is 11.3. The summed E-state index contributed by atoms with van der Waals surface area (Å²) < 4.78 is 42.1. The first-order valence-corrected chi connectivity index (χ1v) is 7.47. The van der Waals surface area contributed by atoms with Crippen LogP contribution in [0.1, 0.15) is 10.6 Å². The second-order valence-corrected chi connectivity index (χ2v) is 6.25. The molecule has 7 nitrogen and oxygen atoms in total. The molecule has 23 heavy (non-hydrogen) atoms. The van der Waals surface area contributed by atoms with Gasteiger partial charge in [0.1, 0.15) is 17.0 Å². The van der Waals surface area contributed by atoms with Crippen LogP contribution in [0, 0.1) is 5.82 Å². The lowest BCUT2D eigenvalue weighted by Crippen LogP contribution is -2.03. The molecule has 0 amide bonds. The highest BCUT2D eigenvalue weighted by Crippen LogP contribution is 2.23. The van der Waals surface area contributed by atoms with Gasteiger partial charge < -0.3 is 14.6 Å². The van der Waals surface area contributed by atoms with Crippen LogP contribution in [0.3, 0.4) is 0 Å². The fourth-order valence-electron chi connectivity index (χ4n) is 1.60. The average molecular weight is 340 g/mol. The van der Waals surface area contributed by atoms with Gasteiger partial charge in [-0.2, -0.15) is 0 Å². The van der Waals surface area contributed by atoms with E-state index in [0.717, 1.165) is 36.6 Å². The number of aliphatic carboxylic acids is 1. The highest BCUT2D eigenvalue weighted by molar-refractivity contribution is 7.91. The number of aliphatic hydroxyl groups excluding tert-OH is 1. The molecule has 0 aliphatic heterocycles. The molecular formula is C14H9FO7S. The maximum absolute atomic E-state index is 12.8. The van der Waals surface area contributed by atoms with Gasteiger partial charge in [-0.15, -0.1) is 0 Å². The van der Waals surface area contributed by atoms with Crippen molar-refractivity contribution in [3.05, 3.63) is 60.0 Å².